The second-order valence-electron chi connectivity index (χ2n) is 7.29. The molecule has 1 atom stereocenters. The van der Waals surface area contributed by atoms with Gasteiger partial charge in [0.15, 0.2) is 17.3 Å². The van der Waals surface area contributed by atoms with Gasteiger partial charge in [-0.15, -0.1) is 10.1 Å². The Morgan fingerprint density at radius 1 is 1.19 bits per heavy atom. The van der Waals surface area contributed by atoms with Gasteiger partial charge in [0.1, 0.15) is 0 Å². The third-order valence-electron chi connectivity index (χ3n) is 4.66. The van der Waals surface area contributed by atoms with Gasteiger partial charge in [-0.3, -0.25) is 18.7 Å². The molecule has 1 rings (SSSR count). The van der Waals surface area contributed by atoms with Crippen LogP contribution in [0.15, 0.2) is 24.3 Å². The van der Waals surface area contributed by atoms with Gasteiger partial charge in [0.25, 0.3) is 10.2 Å². The van der Waals surface area contributed by atoms with E-state index >= 15 is 0 Å². The zero-order valence-electron chi connectivity index (χ0n) is 18.8. The van der Waals surface area contributed by atoms with E-state index in [1.165, 1.54) is 31.4 Å². The minimum absolute atomic E-state index is 0.0343. The van der Waals surface area contributed by atoms with Crippen molar-refractivity contribution in [2.24, 2.45) is 5.73 Å². The third-order valence-corrected chi connectivity index (χ3v) is 8.54. The van der Waals surface area contributed by atoms with Gasteiger partial charge in [0, 0.05) is 12.8 Å². The number of esters is 1. The molecule has 36 heavy (non-hydrogen) atoms. The standard InChI is InChI=1S/C18H26N2O14P2/c1-32-16-11-12(5-7-15(16)34-17(22)3-2-10-33-20(24)25)4-6-14(21)13(19)8-9-18(23,35(26,27)28)36(29,30)31/h4-7,11,13,23H,2-3,8-10,19H2,1H3,(H2,26,27,28)(H2,29,30,31). The molecule has 0 aliphatic carbocycles. The van der Waals surface area contributed by atoms with E-state index in [9.17, 15) is 33.9 Å². The van der Waals surface area contributed by atoms with E-state index in [4.69, 9.17) is 34.8 Å². The highest BCUT2D eigenvalue weighted by Gasteiger charge is 2.58. The fourth-order valence-corrected chi connectivity index (χ4v) is 4.85. The van der Waals surface area contributed by atoms with E-state index in [2.05, 4.69) is 4.84 Å². The highest BCUT2D eigenvalue weighted by atomic mass is 31.2. The molecule has 16 nitrogen and oxygen atoms in total. The molecule has 1 aromatic carbocycles. The molecule has 0 saturated carbocycles. The van der Waals surface area contributed by atoms with Crippen molar-refractivity contribution in [3.63, 3.8) is 0 Å². The van der Waals surface area contributed by atoms with Crippen LogP contribution in [-0.2, 0) is 23.6 Å². The number of benzene rings is 1. The third kappa shape index (κ3) is 9.08. The molecule has 0 bridgehead atoms. The first-order valence-electron chi connectivity index (χ1n) is 9.99. The van der Waals surface area contributed by atoms with Crippen molar-refractivity contribution in [2.45, 2.75) is 36.8 Å². The summed E-state index contributed by atoms with van der Waals surface area (Å²) in [6.07, 6.45) is 0.363. The van der Waals surface area contributed by atoms with Crippen molar-refractivity contribution < 1.29 is 62.8 Å². The SMILES string of the molecule is COc1cc(C=CC(=O)C(N)CCC(O)(P(=O)(O)O)P(=O)(O)O)ccc1OC(=O)CCCO[N+](=O)[O-]. The Morgan fingerprint density at radius 3 is 2.33 bits per heavy atom. The van der Waals surface area contributed by atoms with Crippen LogP contribution in [0.1, 0.15) is 31.2 Å². The van der Waals surface area contributed by atoms with Crippen molar-refractivity contribution in [3.05, 3.63) is 40.0 Å². The number of ether oxygens (including phenoxy) is 2. The number of hydrogen-bond donors (Lipinski definition) is 6. The average molecular weight is 556 g/mol. The Morgan fingerprint density at radius 2 is 1.81 bits per heavy atom. The summed E-state index contributed by atoms with van der Waals surface area (Å²) in [6.45, 7) is -0.281. The molecule has 0 aliphatic heterocycles. The van der Waals surface area contributed by atoms with E-state index in [0.29, 0.717) is 5.56 Å². The zero-order valence-corrected chi connectivity index (χ0v) is 20.6. The number of carbonyl (C=O) groups excluding carboxylic acids is 2. The zero-order chi connectivity index (χ0) is 27.7. The summed E-state index contributed by atoms with van der Waals surface area (Å²) < 4.78 is 33.0. The largest absolute Gasteiger partial charge is 0.493 e. The van der Waals surface area contributed by atoms with Crippen LogP contribution in [0, 0.1) is 10.1 Å². The molecule has 0 spiro atoms. The van der Waals surface area contributed by atoms with Gasteiger partial charge in [0.05, 0.1) is 19.8 Å². The number of methoxy groups -OCH3 is 1. The number of ketones is 1. The summed E-state index contributed by atoms with van der Waals surface area (Å²) >= 11 is 0. The maximum Gasteiger partial charge on any atom is 0.369 e. The van der Waals surface area contributed by atoms with Crippen molar-refractivity contribution in [3.8, 4) is 11.5 Å². The van der Waals surface area contributed by atoms with Gasteiger partial charge in [-0.2, -0.15) is 0 Å². The van der Waals surface area contributed by atoms with Crippen molar-refractivity contribution in [1.82, 2.24) is 0 Å². The molecule has 0 radical (unpaired) electrons. The van der Waals surface area contributed by atoms with Crippen LogP contribution in [0.5, 0.6) is 11.5 Å². The normalized spacial score (nSPS) is 13.3. The van der Waals surface area contributed by atoms with E-state index in [0.717, 1.165) is 6.08 Å². The topological polar surface area (TPSA) is 266 Å². The molecule has 202 valence electrons. The van der Waals surface area contributed by atoms with Crippen LogP contribution in [0.25, 0.3) is 6.08 Å². The Kier molecular flexibility index (Phi) is 11.4. The minimum Gasteiger partial charge on any atom is -0.493 e. The molecule has 0 aromatic heterocycles. The molecular formula is C18H26N2O14P2. The summed E-state index contributed by atoms with van der Waals surface area (Å²) in [5.74, 6) is -1.33. The summed E-state index contributed by atoms with van der Waals surface area (Å²) in [4.78, 5) is 74.8. The fraction of sp³-hybridized carbons (Fsp3) is 0.444. The van der Waals surface area contributed by atoms with Crippen LogP contribution >= 0.6 is 15.2 Å². The average Bonchev–Trinajstić information content (AvgIpc) is 2.77. The fourth-order valence-electron chi connectivity index (χ4n) is 2.66. The summed E-state index contributed by atoms with van der Waals surface area (Å²) in [6, 6.07) is 2.74. The quantitative estimate of drug-likeness (QED) is 0.0322. The van der Waals surface area contributed by atoms with Crippen molar-refractivity contribution >= 4 is 33.0 Å². The Balaban J connectivity index is 2.80. The number of carbonyl (C=O) groups is 2. The number of nitrogens with zero attached hydrogens (tertiary/aromatic N) is 1. The molecule has 18 heteroatoms. The summed E-state index contributed by atoms with van der Waals surface area (Å²) in [7, 11) is -10.1. The second-order valence-corrected chi connectivity index (χ2v) is 11.3. The van der Waals surface area contributed by atoms with Gasteiger partial charge >= 0.3 is 21.2 Å². The highest BCUT2D eigenvalue weighted by Crippen LogP contribution is 2.69. The highest BCUT2D eigenvalue weighted by molar-refractivity contribution is 7.72. The first kappa shape index (κ1) is 31.4. The lowest BCUT2D eigenvalue weighted by Crippen LogP contribution is -2.35. The molecular weight excluding hydrogens is 530 g/mol. The van der Waals surface area contributed by atoms with E-state index in [1.807, 2.05) is 0 Å². The predicted molar refractivity (Wildman–Crippen MR) is 121 cm³/mol. The molecule has 0 heterocycles. The van der Waals surface area contributed by atoms with Crippen LogP contribution in [0.2, 0.25) is 0 Å². The van der Waals surface area contributed by atoms with Crippen LogP contribution in [0.3, 0.4) is 0 Å². The van der Waals surface area contributed by atoms with Crippen molar-refractivity contribution in [2.75, 3.05) is 13.7 Å². The molecule has 0 fully saturated rings. The second kappa shape index (κ2) is 13.0. The molecule has 7 N–H and O–H groups in total. The lowest BCUT2D eigenvalue weighted by Gasteiger charge is -2.29. The van der Waals surface area contributed by atoms with E-state index in [1.54, 1.807) is 0 Å². The lowest BCUT2D eigenvalue weighted by molar-refractivity contribution is -0.757. The Hall–Kier alpha value is -2.68. The molecule has 0 saturated heterocycles. The number of nitrogens with two attached hydrogens (primary N) is 1. The van der Waals surface area contributed by atoms with E-state index < -0.39 is 56.0 Å². The Bertz CT molecular complexity index is 1060. The van der Waals surface area contributed by atoms with Gasteiger partial charge in [-0.05, 0) is 36.6 Å². The van der Waals surface area contributed by atoms with Crippen LogP contribution in [0.4, 0.5) is 0 Å². The van der Waals surface area contributed by atoms with Gasteiger partial charge in [0.2, 0.25) is 0 Å². The Labute approximate surface area is 204 Å². The van der Waals surface area contributed by atoms with Crippen LogP contribution < -0.4 is 15.2 Å². The summed E-state index contributed by atoms with van der Waals surface area (Å²) in [5, 5.41) is 15.3. The number of hydrogen-bond acceptors (Lipinski definition) is 11. The molecule has 1 unspecified atom stereocenters. The van der Waals surface area contributed by atoms with Gasteiger partial charge in [-0.1, -0.05) is 12.1 Å². The van der Waals surface area contributed by atoms with Gasteiger partial charge in [-0.25, -0.2) is 0 Å². The van der Waals surface area contributed by atoms with E-state index in [-0.39, 0.29) is 30.9 Å². The van der Waals surface area contributed by atoms with Crippen LogP contribution in [-0.4, -0.2) is 66.4 Å². The predicted octanol–water partition coefficient (Wildman–Crippen LogP) is 0.280. The molecule has 1 aromatic rings. The minimum atomic E-state index is -5.67. The maximum atomic E-state index is 12.2. The first-order chi connectivity index (χ1) is 16.5. The maximum absolute atomic E-state index is 12.2. The lowest BCUT2D eigenvalue weighted by atomic mass is 10.1. The smallest absolute Gasteiger partial charge is 0.369 e. The monoisotopic (exact) mass is 556 g/mol. The number of rotatable bonds is 15. The molecule has 0 amide bonds. The molecule has 0 aliphatic rings. The van der Waals surface area contributed by atoms with Gasteiger partial charge < -0.3 is 44.7 Å². The van der Waals surface area contributed by atoms with Crippen molar-refractivity contribution in [1.29, 1.82) is 0 Å². The first-order valence-corrected chi connectivity index (χ1v) is 13.2. The summed E-state index contributed by atoms with van der Waals surface area (Å²) in [5.41, 5.74) is 6.01. The number of aliphatic hydroxyl groups is 1.